The second kappa shape index (κ2) is 10.6. The number of amides is 1. The normalized spacial score (nSPS) is 12.1. The summed E-state index contributed by atoms with van der Waals surface area (Å²) in [5, 5.41) is 3.26. The molecule has 0 aliphatic carbocycles. The van der Waals surface area contributed by atoms with Crippen LogP contribution in [0.5, 0.6) is 6.01 Å². The Morgan fingerprint density at radius 2 is 1.64 bits per heavy atom. The molecule has 0 aliphatic rings. The average Bonchev–Trinajstić information content (AvgIpc) is 2.82. The predicted molar refractivity (Wildman–Crippen MR) is 133 cm³/mol. The summed E-state index contributed by atoms with van der Waals surface area (Å²) in [4.78, 5) is 25.4. The van der Waals surface area contributed by atoms with Crippen LogP contribution in [-0.2, 0) is 11.3 Å². The van der Waals surface area contributed by atoms with Gasteiger partial charge in [-0.1, -0.05) is 43.1 Å². The largest absolute Gasteiger partial charge is 0.467 e. The van der Waals surface area contributed by atoms with Crippen molar-refractivity contribution in [2.45, 2.75) is 46.3 Å². The first kappa shape index (κ1) is 27.7. The summed E-state index contributed by atoms with van der Waals surface area (Å²) in [6.45, 7) is 5.55. The van der Waals surface area contributed by atoms with E-state index in [1.807, 2.05) is 19.9 Å². The number of hydrogen-bond acceptors (Lipinski definition) is 5. The van der Waals surface area contributed by atoms with E-state index in [1.54, 1.807) is 30.3 Å². The quantitative estimate of drug-likeness (QED) is 0.354. The van der Waals surface area contributed by atoms with E-state index in [2.05, 4.69) is 20.3 Å². The summed E-state index contributed by atoms with van der Waals surface area (Å²) in [6, 6.07) is 10.2. The van der Waals surface area contributed by atoms with Gasteiger partial charge in [0, 0.05) is 22.7 Å². The summed E-state index contributed by atoms with van der Waals surface area (Å²) < 4.78 is 44.8. The molecule has 0 saturated heterocycles. The van der Waals surface area contributed by atoms with E-state index in [0.717, 1.165) is 19.4 Å². The number of benzene rings is 2. The number of hydrogen-bond donors (Lipinski definition) is 1. The van der Waals surface area contributed by atoms with Gasteiger partial charge in [-0.15, -0.1) is 0 Å². The number of methoxy groups -OCH3 is 1. The molecule has 0 bridgehead atoms. The third-order valence-electron chi connectivity index (χ3n) is 5.67. The molecule has 192 valence electrons. The second-order valence-corrected chi connectivity index (χ2v) is 9.79. The number of rotatable bonds is 7. The van der Waals surface area contributed by atoms with Gasteiger partial charge in [-0.25, -0.2) is 4.98 Å². The lowest BCUT2D eigenvalue weighted by molar-refractivity contribution is -0.211. The average molecular weight is 541 g/mol. The lowest BCUT2D eigenvalue weighted by Gasteiger charge is -2.26. The molecule has 1 heterocycles. The van der Waals surface area contributed by atoms with Gasteiger partial charge in [0.05, 0.1) is 12.1 Å². The minimum absolute atomic E-state index is 0.0535. The first-order valence-electron chi connectivity index (χ1n) is 11.0. The summed E-state index contributed by atoms with van der Waals surface area (Å²) in [6.07, 6.45) is -4.68. The molecule has 0 aliphatic heterocycles. The predicted octanol–water partition coefficient (Wildman–Crippen LogP) is 6.85. The molecule has 0 fully saturated rings. The van der Waals surface area contributed by atoms with Crippen molar-refractivity contribution in [2.75, 3.05) is 7.11 Å². The van der Waals surface area contributed by atoms with Crippen LogP contribution in [0.15, 0.2) is 36.4 Å². The zero-order chi connectivity index (χ0) is 26.8. The van der Waals surface area contributed by atoms with Crippen molar-refractivity contribution in [1.29, 1.82) is 0 Å². The molecular weight excluding hydrogens is 516 g/mol. The first-order valence-corrected chi connectivity index (χ1v) is 11.7. The Balaban J connectivity index is 1.97. The Morgan fingerprint density at radius 1 is 1.00 bits per heavy atom. The van der Waals surface area contributed by atoms with Crippen LogP contribution in [-0.4, -0.2) is 34.1 Å². The molecule has 0 spiro atoms. The van der Waals surface area contributed by atoms with Crippen molar-refractivity contribution in [2.24, 2.45) is 5.41 Å². The van der Waals surface area contributed by atoms with E-state index < -0.39 is 17.5 Å². The molecular formula is C25H25Cl2F3N4O2. The molecule has 3 rings (SSSR count). The highest BCUT2D eigenvalue weighted by Crippen LogP contribution is 2.38. The van der Waals surface area contributed by atoms with E-state index in [1.165, 1.54) is 7.11 Å². The smallest absolute Gasteiger partial charge is 0.402 e. The van der Waals surface area contributed by atoms with Crippen LogP contribution in [0.3, 0.4) is 0 Å². The zero-order valence-electron chi connectivity index (χ0n) is 20.3. The van der Waals surface area contributed by atoms with E-state index >= 15 is 0 Å². The number of carbonyl (C=O) groups is 1. The van der Waals surface area contributed by atoms with Gasteiger partial charge in [0.1, 0.15) is 5.41 Å². The molecule has 1 aromatic heterocycles. The number of alkyl halides is 3. The Hall–Kier alpha value is -2.91. The Morgan fingerprint density at radius 3 is 2.25 bits per heavy atom. The molecule has 36 heavy (non-hydrogen) atoms. The van der Waals surface area contributed by atoms with Gasteiger partial charge in [0.25, 0.3) is 0 Å². The van der Waals surface area contributed by atoms with Crippen LogP contribution < -0.4 is 10.1 Å². The SMILES string of the molecule is COc1nc(-c2ccc(Cl)c(C(C)C)c2)nc(-c2cc(CNC(=O)C(C)(C)C(F)(F)F)ccc2Cl)n1. The maximum Gasteiger partial charge on any atom is 0.402 e. The molecule has 1 amide bonds. The van der Waals surface area contributed by atoms with E-state index in [9.17, 15) is 18.0 Å². The molecule has 0 unspecified atom stereocenters. The third-order valence-corrected chi connectivity index (χ3v) is 6.35. The number of nitrogens with zero attached hydrogens (tertiary/aromatic N) is 3. The van der Waals surface area contributed by atoms with Gasteiger partial charge in [0.15, 0.2) is 11.6 Å². The van der Waals surface area contributed by atoms with Crippen molar-refractivity contribution in [1.82, 2.24) is 20.3 Å². The lowest BCUT2D eigenvalue weighted by Crippen LogP contribution is -2.46. The van der Waals surface area contributed by atoms with Crippen molar-refractivity contribution in [3.8, 4) is 28.8 Å². The second-order valence-electron chi connectivity index (χ2n) is 8.98. The number of halogens is 5. The van der Waals surface area contributed by atoms with E-state index in [-0.39, 0.29) is 24.3 Å². The fourth-order valence-electron chi connectivity index (χ4n) is 3.21. The van der Waals surface area contributed by atoms with Crippen molar-refractivity contribution in [3.05, 3.63) is 57.6 Å². The minimum atomic E-state index is -4.68. The Bertz CT molecular complexity index is 1280. The fourth-order valence-corrected chi connectivity index (χ4v) is 3.75. The third kappa shape index (κ3) is 5.90. The number of carbonyl (C=O) groups excluding carboxylic acids is 1. The molecule has 0 atom stereocenters. The van der Waals surface area contributed by atoms with Crippen LogP contribution in [0, 0.1) is 5.41 Å². The number of ether oxygens (including phenoxy) is 1. The van der Waals surface area contributed by atoms with Crippen LogP contribution in [0.4, 0.5) is 13.2 Å². The van der Waals surface area contributed by atoms with Crippen molar-refractivity contribution < 1.29 is 22.7 Å². The molecule has 3 aromatic rings. The standard InChI is InChI=1S/C25H25Cl2F3N4O2/c1-13(2)16-11-15(7-9-18(16)26)20-32-21(34-23(33-20)36-5)17-10-14(6-8-19(17)27)12-31-22(35)24(3,4)25(28,29)30/h6-11,13H,12H2,1-5H3,(H,31,35). The summed E-state index contributed by atoms with van der Waals surface area (Å²) in [5.41, 5.74) is -0.00746. The summed E-state index contributed by atoms with van der Waals surface area (Å²) >= 11 is 12.7. The molecule has 0 radical (unpaired) electrons. The van der Waals surface area contributed by atoms with Gasteiger partial charge >= 0.3 is 12.2 Å². The van der Waals surface area contributed by atoms with Crippen LogP contribution in [0.25, 0.3) is 22.8 Å². The van der Waals surface area contributed by atoms with Crippen LogP contribution in [0.2, 0.25) is 10.0 Å². The van der Waals surface area contributed by atoms with Crippen LogP contribution >= 0.6 is 23.2 Å². The summed E-state index contributed by atoms with van der Waals surface area (Å²) in [7, 11) is 1.42. The van der Waals surface area contributed by atoms with Gasteiger partial charge in [0.2, 0.25) is 5.91 Å². The number of aromatic nitrogens is 3. The lowest BCUT2D eigenvalue weighted by atomic mass is 9.91. The highest BCUT2D eigenvalue weighted by atomic mass is 35.5. The summed E-state index contributed by atoms with van der Waals surface area (Å²) in [5.74, 6) is -0.438. The Labute approximate surface area is 217 Å². The van der Waals surface area contributed by atoms with E-state index in [4.69, 9.17) is 27.9 Å². The zero-order valence-corrected chi connectivity index (χ0v) is 21.8. The van der Waals surface area contributed by atoms with Crippen LogP contribution in [0.1, 0.15) is 44.7 Å². The van der Waals surface area contributed by atoms with Crippen molar-refractivity contribution in [3.63, 3.8) is 0 Å². The Kier molecular flexibility index (Phi) is 8.15. The molecule has 6 nitrogen and oxygen atoms in total. The van der Waals surface area contributed by atoms with Gasteiger partial charge in [-0.3, -0.25) is 4.79 Å². The maximum atomic E-state index is 13.2. The van der Waals surface area contributed by atoms with Gasteiger partial charge in [-0.05, 0) is 61.2 Å². The highest BCUT2D eigenvalue weighted by molar-refractivity contribution is 6.33. The first-order chi connectivity index (χ1) is 16.7. The van der Waals surface area contributed by atoms with Gasteiger partial charge in [-0.2, -0.15) is 23.1 Å². The highest BCUT2D eigenvalue weighted by Gasteiger charge is 2.52. The van der Waals surface area contributed by atoms with Crippen molar-refractivity contribution >= 4 is 29.1 Å². The van der Waals surface area contributed by atoms with Gasteiger partial charge < -0.3 is 10.1 Å². The topological polar surface area (TPSA) is 77.0 Å². The fraction of sp³-hybridized carbons (Fsp3) is 0.360. The van der Waals surface area contributed by atoms with E-state index in [0.29, 0.717) is 32.6 Å². The minimum Gasteiger partial charge on any atom is -0.467 e. The molecule has 11 heteroatoms. The molecule has 1 N–H and O–H groups in total. The molecule has 2 aromatic carbocycles. The monoisotopic (exact) mass is 540 g/mol. The maximum absolute atomic E-state index is 13.2. The molecule has 0 saturated carbocycles. The number of nitrogens with one attached hydrogen (secondary N) is 1.